The van der Waals surface area contributed by atoms with Crippen molar-refractivity contribution in [3.8, 4) is 0 Å². The molecule has 20 heavy (non-hydrogen) atoms. The highest BCUT2D eigenvalue weighted by Crippen LogP contribution is 2.22. The topological polar surface area (TPSA) is 41.1 Å². The van der Waals surface area contributed by atoms with Crippen molar-refractivity contribution in [2.75, 3.05) is 17.2 Å². The van der Waals surface area contributed by atoms with Gasteiger partial charge < -0.3 is 10.6 Å². The van der Waals surface area contributed by atoms with Crippen molar-refractivity contribution in [1.29, 1.82) is 0 Å². The summed E-state index contributed by atoms with van der Waals surface area (Å²) in [4.78, 5) is 11.9. The minimum absolute atomic E-state index is 0.0821. The molecule has 0 heterocycles. The van der Waals surface area contributed by atoms with Crippen LogP contribution in [0.25, 0.3) is 0 Å². The van der Waals surface area contributed by atoms with Crippen molar-refractivity contribution in [3.05, 3.63) is 56.6 Å². The summed E-state index contributed by atoms with van der Waals surface area (Å²) in [5.74, 6) is -0.0821. The van der Waals surface area contributed by atoms with Gasteiger partial charge in [-0.15, -0.1) is 0 Å². The molecule has 2 rings (SSSR count). The molecule has 1 amide bonds. The van der Waals surface area contributed by atoms with Crippen LogP contribution in [-0.4, -0.2) is 12.5 Å². The lowest BCUT2D eigenvalue weighted by atomic mass is 10.2. The Labute approximate surface area is 136 Å². The highest BCUT2D eigenvalue weighted by molar-refractivity contribution is 14.1. The van der Waals surface area contributed by atoms with Crippen LogP contribution >= 0.6 is 34.2 Å². The van der Waals surface area contributed by atoms with Crippen LogP contribution in [0.4, 0.5) is 11.4 Å². The number of rotatable bonds is 4. The fraction of sp³-hybridized carbons (Fsp3) is 0.133. The zero-order valence-corrected chi connectivity index (χ0v) is 13.8. The third-order valence-corrected chi connectivity index (χ3v) is 3.80. The van der Waals surface area contributed by atoms with Crippen molar-refractivity contribution in [2.45, 2.75) is 6.92 Å². The number of hydrogen-bond donors (Lipinski definition) is 2. The lowest BCUT2D eigenvalue weighted by Gasteiger charge is -2.10. The third-order valence-electron chi connectivity index (χ3n) is 2.67. The molecule has 5 heteroatoms. The van der Waals surface area contributed by atoms with Crippen LogP contribution < -0.4 is 10.6 Å². The van der Waals surface area contributed by atoms with Gasteiger partial charge in [-0.2, -0.15) is 0 Å². The molecule has 2 aromatic carbocycles. The maximum Gasteiger partial charge on any atom is 0.243 e. The standard InChI is InChI=1S/C15H14ClIN2O/c1-10-3-2-4-12(7-10)19-15(20)9-18-14-6-5-11(16)8-13(14)17/h2-8,18H,9H2,1H3,(H,19,20). The number of nitrogens with one attached hydrogen (secondary N) is 2. The molecule has 2 N–H and O–H groups in total. The fourth-order valence-electron chi connectivity index (χ4n) is 1.74. The van der Waals surface area contributed by atoms with Gasteiger partial charge in [-0.05, 0) is 65.4 Å². The Morgan fingerprint density at radius 2 is 2.05 bits per heavy atom. The van der Waals surface area contributed by atoms with Gasteiger partial charge in [0.1, 0.15) is 0 Å². The van der Waals surface area contributed by atoms with Crippen LogP contribution in [0.1, 0.15) is 5.56 Å². The minimum Gasteiger partial charge on any atom is -0.375 e. The minimum atomic E-state index is -0.0821. The fourth-order valence-corrected chi connectivity index (χ4v) is 2.80. The maximum atomic E-state index is 11.9. The van der Waals surface area contributed by atoms with Crippen LogP contribution in [0, 0.1) is 10.5 Å². The Kier molecular flexibility index (Phi) is 5.25. The Balaban J connectivity index is 1.92. The van der Waals surface area contributed by atoms with Crippen LogP contribution in [0.3, 0.4) is 0 Å². The van der Waals surface area contributed by atoms with Crippen molar-refractivity contribution < 1.29 is 4.79 Å². The second-order valence-electron chi connectivity index (χ2n) is 4.40. The van der Waals surface area contributed by atoms with Gasteiger partial charge in [0.2, 0.25) is 5.91 Å². The number of halogens is 2. The van der Waals surface area contributed by atoms with Gasteiger partial charge in [-0.1, -0.05) is 23.7 Å². The molecule has 0 fully saturated rings. The summed E-state index contributed by atoms with van der Waals surface area (Å²) < 4.78 is 0.985. The molecule has 0 aliphatic heterocycles. The van der Waals surface area contributed by atoms with Gasteiger partial charge in [-0.3, -0.25) is 4.79 Å². The van der Waals surface area contributed by atoms with Gasteiger partial charge in [0, 0.05) is 20.0 Å². The van der Waals surface area contributed by atoms with E-state index in [0.29, 0.717) is 5.02 Å². The van der Waals surface area contributed by atoms with E-state index in [-0.39, 0.29) is 12.5 Å². The van der Waals surface area contributed by atoms with Crippen LogP contribution in [0.2, 0.25) is 5.02 Å². The summed E-state index contributed by atoms with van der Waals surface area (Å²) in [6, 6.07) is 13.2. The van der Waals surface area contributed by atoms with Crippen LogP contribution in [-0.2, 0) is 4.79 Å². The lowest BCUT2D eigenvalue weighted by Crippen LogP contribution is -2.22. The number of anilines is 2. The predicted octanol–water partition coefficient (Wildman–Crippen LogP) is 4.30. The molecular formula is C15H14ClIN2O. The van der Waals surface area contributed by atoms with Gasteiger partial charge >= 0.3 is 0 Å². The summed E-state index contributed by atoms with van der Waals surface area (Å²) in [5.41, 5.74) is 2.82. The van der Waals surface area contributed by atoms with Gasteiger partial charge in [0.05, 0.1) is 6.54 Å². The molecule has 2 aromatic rings. The molecule has 0 unspecified atom stereocenters. The average molecular weight is 401 g/mol. The normalized spacial score (nSPS) is 10.2. The summed E-state index contributed by atoms with van der Waals surface area (Å²) in [7, 11) is 0. The van der Waals surface area contributed by atoms with E-state index in [0.717, 1.165) is 20.5 Å². The van der Waals surface area contributed by atoms with Gasteiger partial charge in [0.15, 0.2) is 0 Å². The van der Waals surface area contributed by atoms with Crippen molar-refractivity contribution in [1.82, 2.24) is 0 Å². The average Bonchev–Trinajstić information content (AvgIpc) is 2.37. The van der Waals surface area contributed by atoms with E-state index in [1.54, 1.807) is 6.07 Å². The number of carbonyl (C=O) groups is 1. The van der Waals surface area contributed by atoms with Gasteiger partial charge in [-0.25, -0.2) is 0 Å². The second-order valence-corrected chi connectivity index (χ2v) is 5.99. The molecule has 0 atom stereocenters. The molecule has 0 bridgehead atoms. The van der Waals surface area contributed by atoms with E-state index in [4.69, 9.17) is 11.6 Å². The predicted molar refractivity (Wildman–Crippen MR) is 92.5 cm³/mol. The second kappa shape index (κ2) is 6.95. The number of hydrogen-bond acceptors (Lipinski definition) is 2. The maximum absolute atomic E-state index is 11.9. The molecule has 0 aromatic heterocycles. The number of carbonyl (C=O) groups excluding carboxylic acids is 1. The first-order chi connectivity index (χ1) is 9.54. The van der Waals surface area contributed by atoms with E-state index >= 15 is 0 Å². The SMILES string of the molecule is Cc1cccc(NC(=O)CNc2ccc(Cl)cc2I)c1. The summed E-state index contributed by atoms with van der Waals surface area (Å²) in [6.07, 6.45) is 0. The van der Waals surface area contributed by atoms with E-state index in [2.05, 4.69) is 33.2 Å². The first kappa shape index (κ1) is 15.1. The van der Waals surface area contributed by atoms with E-state index in [1.807, 2.05) is 43.3 Å². The molecule has 104 valence electrons. The lowest BCUT2D eigenvalue weighted by molar-refractivity contribution is -0.114. The Hall–Kier alpha value is -1.27. The third kappa shape index (κ3) is 4.38. The molecule has 0 aliphatic rings. The first-order valence-corrected chi connectivity index (χ1v) is 7.56. The summed E-state index contributed by atoms with van der Waals surface area (Å²) in [5, 5.41) is 6.63. The van der Waals surface area contributed by atoms with E-state index in [9.17, 15) is 4.79 Å². The van der Waals surface area contributed by atoms with Crippen LogP contribution in [0.15, 0.2) is 42.5 Å². The molecule has 3 nitrogen and oxygen atoms in total. The Bertz CT molecular complexity index is 631. The highest BCUT2D eigenvalue weighted by Gasteiger charge is 2.05. The number of aryl methyl sites for hydroxylation is 1. The molecule has 0 aliphatic carbocycles. The smallest absolute Gasteiger partial charge is 0.243 e. The molecule has 0 radical (unpaired) electrons. The summed E-state index contributed by atoms with van der Waals surface area (Å²) in [6.45, 7) is 2.20. The zero-order chi connectivity index (χ0) is 14.5. The Morgan fingerprint density at radius 1 is 1.25 bits per heavy atom. The van der Waals surface area contributed by atoms with Crippen LogP contribution in [0.5, 0.6) is 0 Å². The molecule has 0 saturated carbocycles. The van der Waals surface area contributed by atoms with Crippen molar-refractivity contribution >= 4 is 51.5 Å². The van der Waals surface area contributed by atoms with Crippen molar-refractivity contribution in [3.63, 3.8) is 0 Å². The van der Waals surface area contributed by atoms with E-state index in [1.165, 1.54) is 0 Å². The van der Waals surface area contributed by atoms with E-state index < -0.39 is 0 Å². The van der Waals surface area contributed by atoms with Gasteiger partial charge in [0.25, 0.3) is 0 Å². The number of amides is 1. The quantitative estimate of drug-likeness (QED) is 0.751. The number of benzene rings is 2. The monoisotopic (exact) mass is 400 g/mol. The largest absolute Gasteiger partial charge is 0.375 e. The highest BCUT2D eigenvalue weighted by atomic mass is 127. The van der Waals surface area contributed by atoms with Crippen molar-refractivity contribution in [2.24, 2.45) is 0 Å². The molecular weight excluding hydrogens is 387 g/mol. The first-order valence-electron chi connectivity index (χ1n) is 6.10. The molecule has 0 saturated heterocycles. The Morgan fingerprint density at radius 3 is 2.75 bits per heavy atom. The molecule has 0 spiro atoms. The zero-order valence-electron chi connectivity index (χ0n) is 10.9. The summed E-state index contributed by atoms with van der Waals surface area (Å²) >= 11 is 8.07.